The van der Waals surface area contributed by atoms with Crippen molar-refractivity contribution in [3.8, 4) is 0 Å². The number of rotatable bonds is 6. The van der Waals surface area contributed by atoms with Gasteiger partial charge in [-0.05, 0) is 6.42 Å². The zero-order chi connectivity index (χ0) is 12.9. The highest BCUT2D eigenvalue weighted by molar-refractivity contribution is 4.91. The molecule has 1 unspecified atom stereocenters. The average molecular weight is 250 g/mol. The van der Waals surface area contributed by atoms with Gasteiger partial charge in [-0.2, -0.15) is 0 Å². The number of aliphatic hydroxyl groups is 4. The fraction of sp³-hybridized carbons (Fsp3) is 1.00. The van der Waals surface area contributed by atoms with Crippen LogP contribution in [0.4, 0.5) is 0 Å². The van der Waals surface area contributed by atoms with Crippen molar-refractivity contribution in [3.05, 3.63) is 0 Å². The quantitative estimate of drug-likeness (QED) is 0.451. The van der Waals surface area contributed by atoms with Gasteiger partial charge < -0.3 is 29.9 Å². The molecule has 0 aromatic carbocycles. The van der Waals surface area contributed by atoms with Crippen molar-refractivity contribution >= 4 is 0 Å². The van der Waals surface area contributed by atoms with E-state index in [4.69, 9.17) is 9.47 Å². The molecule has 4 atom stereocenters. The third kappa shape index (κ3) is 3.87. The van der Waals surface area contributed by atoms with E-state index >= 15 is 0 Å². The Bertz CT molecular complexity index is 224. The maximum absolute atomic E-state index is 9.92. The highest BCUT2D eigenvalue weighted by Crippen LogP contribution is 2.24. The molecule has 1 rings (SSSR count). The van der Waals surface area contributed by atoms with Crippen molar-refractivity contribution in [1.82, 2.24) is 0 Å². The van der Waals surface area contributed by atoms with E-state index in [0.29, 0.717) is 6.61 Å². The van der Waals surface area contributed by atoms with Crippen LogP contribution in [0.1, 0.15) is 26.2 Å². The van der Waals surface area contributed by atoms with Gasteiger partial charge >= 0.3 is 0 Å². The van der Waals surface area contributed by atoms with Crippen LogP contribution in [0, 0.1) is 0 Å². The van der Waals surface area contributed by atoms with Crippen LogP contribution < -0.4 is 0 Å². The first-order valence-corrected chi connectivity index (χ1v) is 5.99. The van der Waals surface area contributed by atoms with Gasteiger partial charge in [0.2, 0.25) is 5.79 Å². The summed E-state index contributed by atoms with van der Waals surface area (Å²) in [4.78, 5) is 0. The fourth-order valence-corrected chi connectivity index (χ4v) is 1.69. The molecule has 1 heterocycles. The second-order valence-corrected chi connectivity index (χ2v) is 4.42. The smallest absolute Gasteiger partial charge is 0.219 e. The Morgan fingerprint density at radius 2 is 2.00 bits per heavy atom. The van der Waals surface area contributed by atoms with Gasteiger partial charge in [0, 0.05) is 6.61 Å². The van der Waals surface area contributed by atoms with Crippen molar-refractivity contribution < 1.29 is 29.9 Å². The number of hydrogen-bond acceptors (Lipinski definition) is 6. The normalized spacial score (nSPS) is 38.3. The first-order valence-electron chi connectivity index (χ1n) is 5.99. The minimum Gasteiger partial charge on any atom is -0.388 e. The number of unbranched alkanes of at least 4 members (excludes halogenated alkanes) is 2. The molecule has 0 aromatic heterocycles. The molecule has 6 heteroatoms. The molecule has 0 bridgehead atoms. The third-order valence-electron chi connectivity index (χ3n) is 2.89. The average Bonchev–Trinajstić information content (AvgIpc) is 2.32. The van der Waals surface area contributed by atoms with Gasteiger partial charge in [0.25, 0.3) is 0 Å². The number of aliphatic hydroxyl groups excluding tert-OH is 3. The summed E-state index contributed by atoms with van der Waals surface area (Å²) >= 11 is 0. The molecule has 4 N–H and O–H groups in total. The standard InChI is InChI=1S/C11H22O6/c1-2-3-4-5-16-7-11(15)10(14)9(13)8(12)6-17-11/h8-10,12-15H,2-7H2,1H3/t8-,9+,10-,11?/m1/s1. The lowest BCUT2D eigenvalue weighted by Gasteiger charge is -2.41. The Morgan fingerprint density at radius 3 is 2.65 bits per heavy atom. The summed E-state index contributed by atoms with van der Waals surface area (Å²) in [5.74, 6) is -1.94. The summed E-state index contributed by atoms with van der Waals surface area (Å²) in [5.41, 5.74) is 0. The minimum atomic E-state index is -1.94. The van der Waals surface area contributed by atoms with E-state index in [-0.39, 0.29) is 13.2 Å². The SMILES string of the molecule is CCCCCOCC1(O)OC[C@@H](O)[C@H](O)[C@H]1O. The van der Waals surface area contributed by atoms with Crippen molar-refractivity contribution in [3.63, 3.8) is 0 Å². The van der Waals surface area contributed by atoms with Crippen LogP contribution in [0.25, 0.3) is 0 Å². The highest BCUT2D eigenvalue weighted by atomic mass is 16.7. The molecule has 1 saturated heterocycles. The summed E-state index contributed by atoms with van der Waals surface area (Å²) in [6.07, 6.45) is -1.22. The van der Waals surface area contributed by atoms with E-state index in [0.717, 1.165) is 19.3 Å². The van der Waals surface area contributed by atoms with Crippen LogP contribution in [0.2, 0.25) is 0 Å². The summed E-state index contributed by atoms with van der Waals surface area (Å²) in [6, 6.07) is 0. The van der Waals surface area contributed by atoms with Crippen LogP contribution >= 0.6 is 0 Å². The topological polar surface area (TPSA) is 99.4 Å². The molecule has 6 nitrogen and oxygen atoms in total. The highest BCUT2D eigenvalue weighted by Gasteiger charge is 2.48. The van der Waals surface area contributed by atoms with Crippen LogP contribution in [0.3, 0.4) is 0 Å². The van der Waals surface area contributed by atoms with Crippen molar-refractivity contribution in [1.29, 1.82) is 0 Å². The summed E-state index contributed by atoms with van der Waals surface area (Å²) in [6.45, 7) is 2.08. The monoisotopic (exact) mass is 250 g/mol. The van der Waals surface area contributed by atoms with Crippen LogP contribution in [0.5, 0.6) is 0 Å². The molecule has 1 aliphatic heterocycles. The molecular weight excluding hydrogens is 228 g/mol. The molecule has 0 aliphatic carbocycles. The zero-order valence-electron chi connectivity index (χ0n) is 10.1. The molecule has 0 radical (unpaired) electrons. The van der Waals surface area contributed by atoms with E-state index in [1.54, 1.807) is 0 Å². The minimum absolute atomic E-state index is 0.221. The first kappa shape index (κ1) is 14.8. The van der Waals surface area contributed by atoms with E-state index in [1.165, 1.54) is 0 Å². The van der Waals surface area contributed by atoms with E-state index in [2.05, 4.69) is 6.92 Å². The van der Waals surface area contributed by atoms with E-state index < -0.39 is 24.1 Å². The predicted octanol–water partition coefficient (Wildman–Crippen LogP) is -1.01. The second-order valence-electron chi connectivity index (χ2n) is 4.42. The van der Waals surface area contributed by atoms with Crippen LogP contribution in [-0.2, 0) is 9.47 Å². The summed E-state index contributed by atoms with van der Waals surface area (Å²) < 4.78 is 10.1. The Balaban J connectivity index is 2.34. The number of hydrogen-bond donors (Lipinski definition) is 4. The van der Waals surface area contributed by atoms with E-state index in [1.807, 2.05) is 0 Å². The summed E-state index contributed by atoms with van der Waals surface area (Å²) in [5, 5.41) is 38.2. The Morgan fingerprint density at radius 1 is 1.29 bits per heavy atom. The van der Waals surface area contributed by atoms with Gasteiger partial charge in [-0.25, -0.2) is 0 Å². The van der Waals surface area contributed by atoms with Gasteiger partial charge in [-0.1, -0.05) is 19.8 Å². The lowest BCUT2D eigenvalue weighted by atomic mass is 9.97. The molecular formula is C11H22O6. The van der Waals surface area contributed by atoms with Crippen molar-refractivity contribution in [2.75, 3.05) is 19.8 Å². The molecule has 1 aliphatic rings. The maximum atomic E-state index is 9.92. The van der Waals surface area contributed by atoms with Gasteiger partial charge in [0.05, 0.1) is 6.61 Å². The first-order chi connectivity index (χ1) is 8.01. The van der Waals surface area contributed by atoms with E-state index in [9.17, 15) is 20.4 Å². The molecule has 1 fully saturated rings. The summed E-state index contributed by atoms with van der Waals surface area (Å²) in [7, 11) is 0. The Hall–Kier alpha value is -0.240. The predicted molar refractivity (Wildman–Crippen MR) is 59.3 cm³/mol. The Kier molecular flexibility index (Phi) is 5.78. The Labute approximate surface area is 101 Å². The zero-order valence-corrected chi connectivity index (χ0v) is 10.1. The molecule has 0 aromatic rings. The van der Waals surface area contributed by atoms with Gasteiger partial charge in [-0.15, -0.1) is 0 Å². The molecule has 0 saturated carbocycles. The third-order valence-corrected chi connectivity index (χ3v) is 2.89. The van der Waals surface area contributed by atoms with Gasteiger partial charge in [0.1, 0.15) is 24.9 Å². The molecule has 0 amide bonds. The maximum Gasteiger partial charge on any atom is 0.219 e. The molecule has 102 valence electrons. The fourth-order valence-electron chi connectivity index (χ4n) is 1.69. The second kappa shape index (κ2) is 6.63. The van der Waals surface area contributed by atoms with Crippen LogP contribution in [-0.4, -0.2) is 64.3 Å². The van der Waals surface area contributed by atoms with Gasteiger partial charge in [-0.3, -0.25) is 0 Å². The van der Waals surface area contributed by atoms with Crippen molar-refractivity contribution in [2.45, 2.75) is 50.3 Å². The molecule has 17 heavy (non-hydrogen) atoms. The van der Waals surface area contributed by atoms with Gasteiger partial charge in [0.15, 0.2) is 0 Å². The van der Waals surface area contributed by atoms with Crippen molar-refractivity contribution in [2.24, 2.45) is 0 Å². The number of ether oxygens (including phenoxy) is 2. The van der Waals surface area contributed by atoms with Crippen LogP contribution in [0.15, 0.2) is 0 Å². The lowest BCUT2D eigenvalue weighted by Crippen LogP contribution is -2.62. The molecule has 0 spiro atoms. The largest absolute Gasteiger partial charge is 0.388 e. The lowest BCUT2D eigenvalue weighted by molar-refractivity contribution is -0.335.